The third kappa shape index (κ3) is 2.45. The molecule has 1 nitrogen and oxygen atoms in total. The molecule has 1 saturated heterocycles. The van der Waals surface area contributed by atoms with Gasteiger partial charge in [0.05, 0.1) is 11.2 Å². The molecule has 0 bridgehead atoms. The fourth-order valence-electron chi connectivity index (χ4n) is 4.69. The number of hydrogen-bond acceptors (Lipinski definition) is 1. The molecule has 0 unspecified atom stereocenters. The monoisotopic (exact) mass is 242 g/mol. The van der Waals surface area contributed by atoms with E-state index in [1.54, 1.807) is 0 Å². The Kier molecular flexibility index (Phi) is 1.82. The fraction of sp³-hybridized carbons (Fsp3) is 1.00. The van der Waals surface area contributed by atoms with Crippen molar-refractivity contribution in [2.45, 2.75) is 84.8 Å². The number of ether oxygens (including phenoxy) is 1. The quantitative estimate of drug-likeness (QED) is 0.561. The molecule has 1 aliphatic carbocycles. The number of rotatable bonds is 0. The van der Waals surface area contributed by atoms with E-state index in [0.29, 0.717) is 10.8 Å². The molecule has 1 aliphatic heterocycles. The van der Waals surface area contributed by atoms with Crippen molar-refractivity contribution in [3.05, 3.63) is 0 Å². The van der Waals surface area contributed by atoms with Crippen molar-refractivity contribution in [3.63, 3.8) is 0 Å². The van der Waals surface area contributed by atoms with Crippen LogP contribution in [0.25, 0.3) is 0 Å². The Bertz CT molecular complexity index is 288. The maximum atomic E-state index is 6.45. The first-order valence-electron chi connectivity index (χ1n) is 9.74. The van der Waals surface area contributed by atoms with Gasteiger partial charge in [-0.05, 0) is 56.8 Å². The Morgan fingerprint density at radius 3 is 1.69 bits per heavy atom. The van der Waals surface area contributed by atoms with Crippen LogP contribution in [-0.2, 0) is 4.74 Å². The van der Waals surface area contributed by atoms with E-state index in [-0.39, 0.29) is 11.2 Å². The van der Waals surface area contributed by atoms with Gasteiger partial charge in [-0.3, -0.25) is 0 Å². The summed E-state index contributed by atoms with van der Waals surface area (Å²) in [6.07, 6.45) is 6.29. The van der Waals surface area contributed by atoms with Gasteiger partial charge in [0.15, 0.2) is 0 Å². The third-order valence-corrected chi connectivity index (χ3v) is 4.23. The Morgan fingerprint density at radius 1 is 0.812 bits per heavy atom. The molecule has 0 N–H and O–H groups in total. The van der Waals surface area contributed by atoms with Gasteiger partial charge in [-0.2, -0.15) is 0 Å². The van der Waals surface area contributed by atoms with E-state index in [1.165, 1.54) is 32.1 Å². The van der Waals surface area contributed by atoms with Crippen molar-refractivity contribution in [1.82, 2.24) is 0 Å². The molecule has 16 heavy (non-hydrogen) atoms. The molecule has 2 aliphatic rings. The normalized spacial score (nSPS) is 35.6. The maximum Gasteiger partial charge on any atom is 0.0701 e. The summed E-state index contributed by atoms with van der Waals surface area (Å²) >= 11 is 0. The minimum absolute atomic E-state index is 0.101. The standard InChI is InChI=1S/C15H28O.3H2/c1-12(2)9-13(3,4)11-15(10-12)8-7-14(5,6)16-15;;;/h7-11H2,1-6H3;3*1H/i;3*1+2T. The van der Waals surface area contributed by atoms with Crippen molar-refractivity contribution < 1.29 is 13.6 Å². The van der Waals surface area contributed by atoms with Crippen molar-refractivity contribution >= 4 is 0 Å². The predicted molar refractivity (Wildman–Crippen MR) is 74.9 cm³/mol. The van der Waals surface area contributed by atoms with E-state index >= 15 is 0 Å². The second-order valence-corrected chi connectivity index (χ2v) is 8.40. The molecular formula is C15H34O. The predicted octanol–water partition coefficient (Wildman–Crippen LogP) is 5.29. The van der Waals surface area contributed by atoms with E-state index in [0.717, 1.165) is 0 Å². The Morgan fingerprint density at radius 2 is 1.31 bits per heavy atom. The van der Waals surface area contributed by atoms with Gasteiger partial charge in [0.1, 0.15) is 0 Å². The molecule has 1 heteroatoms. The molecule has 0 aromatic heterocycles. The zero-order chi connectivity index (χ0) is 18.2. The molecule has 0 aromatic rings. The highest BCUT2D eigenvalue weighted by atomic mass is 16.5. The lowest BCUT2D eigenvalue weighted by atomic mass is 9.59. The molecule has 1 spiro atoms. The first-order chi connectivity index (χ1) is 10.0. The lowest BCUT2D eigenvalue weighted by Crippen LogP contribution is -2.46. The first-order valence-corrected chi connectivity index (χ1v) is 6.74. The van der Waals surface area contributed by atoms with Gasteiger partial charge in [0.2, 0.25) is 0 Å². The molecule has 0 amide bonds. The Hall–Kier alpha value is -0.0400. The minimum Gasteiger partial charge on any atom is -0.369 e. The largest absolute Gasteiger partial charge is 0.369 e. The van der Waals surface area contributed by atoms with E-state index < -0.39 is 0 Å². The third-order valence-electron chi connectivity index (χ3n) is 4.23. The second-order valence-electron chi connectivity index (χ2n) is 8.40. The summed E-state index contributed by atoms with van der Waals surface area (Å²) in [6, 6.07) is 0. The highest BCUT2D eigenvalue weighted by Gasteiger charge is 2.53. The van der Waals surface area contributed by atoms with Gasteiger partial charge in [0.25, 0.3) is 0 Å². The molecule has 0 aromatic carbocycles. The van der Waals surface area contributed by atoms with Crippen LogP contribution in [0.15, 0.2) is 0 Å². The van der Waals surface area contributed by atoms with Crippen LogP contribution in [0.3, 0.4) is 0 Å². The molecule has 1 saturated carbocycles. The molecule has 100 valence electrons. The van der Waals surface area contributed by atoms with Crippen molar-refractivity contribution in [2.24, 2.45) is 10.8 Å². The maximum absolute atomic E-state index is 6.45. The molecular weight excluding hydrogens is 196 g/mol. The van der Waals surface area contributed by atoms with Crippen LogP contribution in [0.5, 0.6) is 0 Å². The van der Waals surface area contributed by atoms with Crippen molar-refractivity contribution in [1.29, 1.82) is 0 Å². The van der Waals surface area contributed by atoms with Crippen LogP contribution in [-0.4, -0.2) is 11.2 Å². The van der Waals surface area contributed by atoms with E-state index in [4.69, 9.17) is 13.6 Å². The van der Waals surface area contributed by atoms with Gasteiger partial charge < -0.3 is 4.74 Å². The average Bonchev–Trinajstić information content (AvgIpc) is 2.67. The molecule has 1 heterocycles. The molecule has 0 radical (unpaired) electrons. The van der Waals surface area contributed by atoms with Crippen LogP contribution in [0.2, 0.25) is 0 Å². The SMILES string of the molecule is CC1(C)CC(C)(C)CC2(CCC(C)(C)O2)C1.[3H][3H].[3H][3H].[3H][3H]. The smallest absolute Gasteiger partial charge is 0.0701 e. The summed E-state index contributed by atoms with van der Waals surface area (Å²) in [5, 5.41) is 0. The van der Waals surface area contributed by atoms with E-state index in [2.05, 4.69) is 41.5 Å². The zero-order valence-corrected chi connectivity index (χ0v) is 11.9. The van der Waals surface area contributed by atoms with Crippen LogP contribution < -0.4 is 0 Å². The molecule has 2 rings (SSSR count). The highest BCUT2D eigenvalue weighted by molar-refractivity contribution is 5.03. The lowest BCUT2D eigenvalue weighted by Gasteiger charge is -2.50. The minimum atomic E-state index is 0.101. The van der Waals surface area contributed by atoms with Crippen molar-refractivity contribution in [2.75, 3.05) is 0 Å². The van der Waals surface area contributed by atoms with Gasteiger partial charge in [0, 0.05) is 8.91 Å². The zero-order valence-electron chi connectivity index (χ0n) is 17.9. The van der Waals surface area contributed by atoms with E-state index in [9.17, 15) is 0 Å². The van der Waals surface area contributed by atoms with Gasteiger partial charge >= 0.3 is 0 Å². The summed E-state index contributed by atoms with van der Waals surface area (Å²) in [6.45, 7) is 14.1. The summed E-state index contributed by atoms with van der Waals surface area (Å²) in [5.74, 6) is 0. The van der Waals surface area contributed by atoms with Crippen LogP contribution in [0, 0.1) is 10.8 Å². The van der Waals surface area contributed by atoms with Crippen LogP contribution in [0.1, 0.15) is 82.6 Å². The topological polar surface area (TPSA) is 9.23 Å². The van der Waals surface area contributed by atoms with Crippen molar-refractivity contribution in [3.8, 4) is 0 Å². The Labute approximate surface area is 110 Å². The summed E-state index contributed by atoms with van der Waals surface area (Å²) < 4.78 is 36.4. The second kappa shape index (κ2) is 3.25. The van der Waals surface area contributed by atoms with Gasteiger partial charge in [-0.15, -0.1) is 0 Å². The molecule has 0 atom stereocenters. The van der Waals surface area contributed by atoms with Crippen LogP contribution >= 0.6 is 0 Å². The highest BCUT2D eigenvalue weighted by Crippen LogP contribution is 2.56. The first kappa shape index (κ1) is 8.97. The summed E-state index contributed by atoms with van der Waals surface area (Å²) in [4.78, 5) is 0. The van der Waals surface area contributed by atoms with Crippen LogP contribution in [0.4, 0.5) is 0 Å². The molecule has 2 fully saturated rings. The number of hydrogen-bond donors (Lipinski definition) is 0. The summed E-state index contributed by atoms with van der Waals surface area (Å²) in [5.41, 5.74) is 1.14. The van der Waals surface area contributed by atoms with Gasteiger partial charge in [-0.25, -0.2) is 0 Å². The lowest BCUT2D eigenvalue weighted by molar-refractivity contribution is -0.148. The van der Waals surface area contributed by atoms with Gasteiger partial charge in [-0.1, -0.05) is 27.7 Å². The Balaban J connectivity index is 0. The fourth-order valence-corrected chi connectivity index (χ4v) is 4.69. The van der Waals surface area contributed by atoms with E-state index in [1.807, 2.05) is 0 Å². The average molecular weight is 242 g/mol. The summed E-state index contributed by atoms with van der Waals surface area (Å²) in [7, 11) is 0.